The molecular formula is C14H19Cl. The van der Waals surface area contributed by atoms with Gasteiger partial charge in [0.25, 0.3) is 0 Å². The van der Waals surface area contributed by atoms with Crippen molar-refractivity contribution in [3.05, 3.63) is 35.4 Å². The van der Waals surface area contributed by atoms with Crippen LogP contribution in [-0.2, 0) is 6.42 Å². The first-order valence-corrected chi connectivity index (χ1v) is 6.48. The van der Waals surface area contributed by atoms with E-state index in [-0.39, 0.29) is 0 Å². The largest absolute Gasteiger partial charge is 0.122 e. The van der Waals surface area contributed by atoms with Crippen LogP contribution in [0, 0.1) is 0 Å². The zero-order valence-electron chi connectivity index (χ0n) is 9.38. The van der Waals surface area contributed by atoms with E-state index in [4.69, 9.17) is 11.6 Å². The van der Waals surface area contributed by atoms with Crippen molar-refractivity contribution in [2.24, 2.45) is 0 Å². The van der Waals surface area contributed by atoms with E-state index < -0.39 is 0 Å². The van der Waals surface area contributed by atoms with E-state index in [2.05, 4.69) is 31.2 Å². The standard InChI is InChI=1S/C14H19Cl/c1-2-11-7-9-12(10-8-11)13-5-3-4-6-14(13)15/h7-10,13-14H,2-6H2,1H3. The average Bonchev–Trinajstić information content (AvgIpc) is 2.30. The minimum atomic E-state index is 0.353. The molecule has 82 valence electrons. The van der Waals surface area contributed by atoms with E-state index in [1.54, 1.807) is 0 Å². The molecule has 0 radical (unpaired) electrons. The van der Waals surface area contributed by atoms with Gasteiger partial charge in [0.15, 0.2) is 0 Å². The van der Waals surface area contributed by atoms with Crippen LogP contribution in [0.25, 0.3) is 0 Å². The highest BCUT2D eigenvalue weighted by Crippen LogP contribution is 2.36. The third-order valence-electron chi connectivity index (χ3n) is 3.50. The van der Waals surface area contributed by atoms with Gasteiger partial charge in [0.05, 0.1) is 0 Å². The van der Waals surface area contributed by atoms with Crippen LogP contribution in [0.1, 0.15) is 49.7 Å². The van der Waals surface area contributed by atoms with Crippen LogP contribution in [0.3, 0.4) is 0 Å². The highest BCUT2D eigenvalue weighted by molar-refractivity contribution is 6.21. The number of aryl methyl sites for hydroxylation is 1. The predicted octanol–water partition coefficient (Wildman–Crippen LogP) is 4.51. The summed E-state index contributed by atoms with van der Waals surface area (Å²) in [5, 5.41) is 0.353. The van der Waals surface area contributed by atoms with Crippen molar-refractivity contribution < 1.29 is 0 Å². The molecule has 0 amide bonds. The molecule has 1 aliphatic rings. The third kappa shape index (κ3) is 2.55. The first kappa shape index (κ1) is 11.0. The number of alkyl halides is 1. The molecule has 0 nitrogen and oxygen atoms in total. The van der Waals surface area contributed by atoms with Crippen LogP contribution < -0.4 is 0 Å². The topological polar surface area (TPSA) is 0 Å². The van der Waals surface area contributed by atoms with Gasteiger partial charge in [-0.15, -0.1) is 11.6 Å². The summed E-state index contributed by atoms with van der Waals surface area (Å²) < 4.78 is 0. The first-order chi connectivity index (χ1) is 7.31. The molecule has 0 heterocycles. The number of halogens is 1. The Balaban J connectivity index is 2.13. The lowest BCUT2D eigenvalue weighted by Gasteiger charge is -2.27. The van der Waals surface area contributed by atoms with Gasteiger partial charge < -0.3 is 0 Å². The summed E-state index contributed by atoms with van der Waals surface area (Å²) in [6, 6.07) is 9.02. The second-order valence-electron chi connectivity index (χ2n) is 4.50. The fourth-order valence-electron chi connectivity index (χ4n) is 2.46. The third-order valence-corrected chi connectivity index (χ3v) is 4.02. The lowest BCUT2D eigenvalue weighted by atomic mass is 9.83. The van der Waals surface area contributed by atoms with Crippen LogP contribution in [0.4, 0.5) is 0 Å². The average molecular weight is 223 g/mol. The first-order valence-electron chi connectivity index (χ1n) is 6.04. The molecule has 0 bridgehead atoms. The molecule has 0 aromatic heterocycles. The normalized spacial score (nSPS) is 26.5. The molecule has 1 aromatic carbocycles. The fourth-order valence-corrected chi connectivity index (χ4v) is 2.89. The van der Waals surface area contributed by atoms with Gasteiger partial charge in [-0.1, -0.05) is 44.0 Å². The maximum Gasteiger partial charge on any atom is 0.0404 e. The van der Waals surface area contributed by atoms with E-state index in [1.807, 2.05) is 0 Å². The molecule has 2 atom stereocenters. The van der Waals surface area contributed by atoms with Gasteiger partial charge in [-0.05, 0) is 30.4 Å². The van der Waals surface area contributed by atoms with Crippen LogP contribution in [-0.4, -0.2) is 5.38 Å². The molecule has 2 unspecified atom stereocenters. The summed E-state index contributed by atoms with van der Waals surface area (Å²) in [6.45, 7) is 2.19. The number of hydrogen-bond donors (Lipinski definition) is 0. The van der Waals surface area contributed by atoms with E-state index in [1.165, 1.54) is 36.8 Å². The Labute approximate surface area is 97.6 Å². The van der Waals surface area contributed by atoms with Crippen LogP contribution >= 0.6 is 11.6 Å². The number of rotatable bonds is 2. The molecule has 1 heteroatoms. The van der Waals surface area contributed by atoms with Crippen molar-refractivity contribution in [1.82, 2.24) is 0 Å². The summed E-state index contributed by atoms with van der Waals surface area (Å²) in [6.07, 6.45) is 6.21. The van der Waals surface area contributed by atoms with Gasteiger partial charge >= 0.3 is 0 Å². The summed E-state index contributed by atoms with van der Waals surface area (Å²) >= 11 is 6.39. The zero-order valence-corrected chi connectivity index (χ0v) is 10.1. The van der Waals surface area contributed by atoms with E-state index in [9.17, 15) is 0 Å². The Kier molecular flexibility index (Phi) is 3.69. The zero-order chi connectivity index (χ0) is 10.7. The molecule has 0 spiro atoms. The monoisotopic (exact) mass is 222 g/mol. The molecule has 0 N–H and O–H groups in total. The summed E-state index contributed by atoms with van der Waals surface area (Å²) in [5.74, 6) is 0.589. The van der Waals surface area contributed by atoms with Crippen molar-refractivity contribution >= 4 is 11.6 Å². The van der Waals surface area contributed by atoms with Crippen molar-refractivity contribution in [1.29, 1.82) is 0 Å². The number of hydrogen-bond acceptors (Lipinski definition) is 0. The second kappa shape index (κ2) is 5.03. The quantitative estimate of drug-likeness (QED) is 0.646. The minimum absolute atomic E-state index is 0.353. The lowest BCUT2D eigenvalue weighted by molar-refractivity contribution is 0.450. The van der Waals surface area contributed by atoms with Crippen LogP contribution in [0.2, 0.25) is 0 Å². The fraction of sp³-hybridized carbons (Fsp3) is 0.571. The lowest BCUT2D eigenvalue weighted by Crippen LogP contribution is -2.17. The van der Waals surface area contributed by atoms with Gasteiger partial charge in [0.1, 0.15) is 0 Å². The maximum absolute atomic E-state index is 6.39. The Morgan fingerprint density at radius 1 is 1.13 bits per heavy atom. The van der Waals surface area contributed by atoms with Gasteiger partial charge in [-0.25, -0.2) is 0 Å². The van der Waals surface area contributed by atoms with Crippen molar-refractivity contribution in [3.8, 4) is 0 Å². The molecule has 1 aliphatic carbocycles. The van der Waals surface area contributed by atoms with Crippen molar-refractivity contribution in [3.63, 3.8) is 0 Å². The van der Waals surface area contributed by atoms with Crippen molar-refractivity contribution in [2.75, 3.05) is 0 Å². The predicted molar refractivity (Wildman–Crippen MR) is 66.7 cm³/mol. The highest BCUT2D eigenvalue weighted by Gasteiger charge is 2.24. The molecule has 2 rings (SSSR count). The van der Waals surface area contributed by atoms with E-state index in [0.717, 1.165) is 6.42 Å². The van der Waals surface area contributed by atoms with Gasteiger partial charge in [0, 0.05) is 11.3 Å². The Hall–Kier alpha value is -0.490. The Morgan fingerprint density at radius 2 is 1.80 bits per heavy atom. The molecule has 0 saturated heterocycles. The maximum atomic E-state index is 6.39. The van der Waals surface area contributed by atoms with E-state index >= 15 is 0 Å². The van der Waals surface area contributed by atoms with Gasteiger partial charge in [0.2, 0.25) is 0 Å². The Bertz CT molecular complexity index is 302. The molecule has 0 aliphatic heterocycles. The van der Waals surface area contributed by atoms with Crippen molar-refractivity contribution in [2.45, 2.75) is 50.3 Å². The van der Waals surface area contributed by atoms with Crippen LogP contribution in [0.15, 0.2) is 24.3 Å². The summed E-state index contributed by atoms with van der Waals surface area (Å²) in [7, 11) is 0. The summed E-state index contributed by atoms with van der Waals surface area (Å²) in [4.78, 5) is 0. The molecule has 1 aromatic rings. The highest BCUT2D eigenvalue weighted by atomic mass is 35.5. The molecule has 15 heavy (non-hydrogen) atoms. The van der Waals surface area contributed by atoms with Gasteiger partial charge in [-0.2, -0.15) is 0 Å². The Morgan fingerprint density at radius 3 is 2.40 bits per heavy atom. The van der Waals surface area contributed by atoms with Gasteiger partial charge in [-0.3, -0.25) is 0 Å². The minimum Gasteiger partial charge on any atom is -0.122 e. The molecule has 1 saturated carbocycles. The number of benzene rings is 1. The van der Waals surface area contributed by atoms with E-state index in [0.29, 0.717) is 11.3 Å². The molecular weight excluding hydrogens is 204 g/mol. The molecule has 1 fully saturated rings. The second-order valence-corrected chi connectivity index (χ2v) is 5.06. The SMILES string of the molecule is CCc1ccc(C2CCCCC2Cl)cc1. The van der Waals surface area contributed by atoms with Crippen LogP contribution in [0.5, 0.6) is 0 Å². The smallest absolute Gasteiger partial charge is 0.0404 e. The summed E-state index contributed by atoms with van der Waals surface area (Å²) in [5.41, 5.74) is 2.85.